The van der Waals surface area contributed by atoms with Crippen molar-refractivity contribution in [1.29, 1.82) is 0 Å². The Kier molecular flexibility index (Phi) is 8.59. The molecule has 2 aliphatic rings. The third kappa shape index (κ3) is 6.34. The number of piperazine rings is 1. The standard InChI is InChI=1S/C27H30F4N4O5/c1-16-17(2)24(37)32-35(40-26(39)27(29,30)31)22(16)14-18-9-10-21(28)20(13-18)25(38)33-11-12-34(23(36)15-33)19-7-5-3-4-6-8-19/h9-10,13,19H,3-8,11-12,14-15H2,1-2H3/p+1. The van der Waals surface area contributed by atoms with E-state index in [9.17, 15) is 36.7 Å². The summed E-state index contributed by atoms with van der Waals surface area (Å²) in [5, 5.41) is 2.08. The van der Waals surface area contributed by atoms with Crippen molar-refractivity contribution in [2.45, 2.75) is 71.0 Å². The first-order chi connectivity index (χ1) is 18.9. The molecule has 1 saturated heterocycles. The number of H-pyrrole nitrogens is 1. The van der Waals surface area contributed by atoms with Crippen LogP contribution in [0.3, 0.4) is 0 Å². The van der Waals surface area contributed by atoms with E-state index in [0.29, 0.717) is 17.0 Å². The maximum Gasteiger partial charge on any atom is 0.498 e. The molecular weight excluding hydrogens is 536 g/mol. The zero-order valence-corrected chi connectivity index (χ0v) is 22.3. The number of aromatic amines is 1. The summed E-state index contributed by atoms with van der Waals surface area (Å²) in [5.41, 5.74) is -0.343. The Morgan fingerprint density at radius 1 is 1.05 bits per heavy atom. The Labute approximate surface area is 227 Å². The average molecular weight is 568 g/mol. The lowest BCUT2D eigenvalue weighted by molar-refractivity contribution is -0.921. The summed E-state index contributed by atoms with van der Waals surface area (Å²) in [6, 6.07) is 3.77. The van der Waals surface area contributed by atoms with Gasteiger partial charge in [0.05, 0.1) is 12.0 Å². The highest BCUT2D eigenvalue weighted by Gasteiger charge is 2.46. The molecule has 2 amide bonds. The fourth-order valence-electron chi connectivity index (χ4n) is 5.22. The molecule has 2 fully saturated rings. The van der Waals surface area contributed by atoms with Gasteiger partial charge in [0.1, 0.15) is 17.2 Å². The predicted octanol–water partition coefficient (Wildman–Crippen LogP) is 2.53. The van der Waals surface area contributed by atoms with Crippen LogP contribution in [0.25, 0.3) is 0 Å². The van der Waals surface area contributed by atoms with E-state index in [-0.39, 0.29) is 53.8 Å². The molecule has 0 bridgehead atoms. The number of carbonyl (C=O) groups is 3. The number of benzene rings is 1. The molecule has 0 radical (unpaired) electrons. The predicted molar refractivity (Wildman–Crippen MR) is 133 cm³/mol. The fraction of sp³-hybridized carbons (Fsp3) is 0.519. The summed E-state index contributed by atoms with van der Waals surface area (Å²) >= 11 is 0. The maximum absolute atomic E-state index is 14.8. The van der Waals surface area contributed by atoms with Gasteiger partial charge in [-0.2, -0.15) is 18.0 Å². The van der Waals surface area contributed by atoms with E-state index in [0.717, 1.165) is 44.6 Å². The van der Waals surface area contributed by atoms with Gasteiger partial charge in [-0.25, -0.2) is 9.18 Å². The van der Waals surface area contributed by atoms with Crippen LogP contribution in [0, 0.1) is 19.7 Å². The molecule has 0 atom stereocenters. The van der Waals surface area contributed by atoms with Crippen molar-refractivity contribution in [2.75, 3.05) is 19.6 Å². The van der Waals surface area contributed by atoms with Gasteiger partial charge in [-0.3, -0.25) is 14.4 Å². The number of carbonyl (C=O) groups excluding carboxylic acids is 3. The second kappa shape index (κ2) is 11.8. The lowest BCUT2D eigenvalue weighted by atomic mass is 10.0. The smallest absolute Gasteiger partial charge is 0.336 e. The van der Waals surface area contributed by atoms with Crippen LogP contribution in [0.5, 0.6) is 0 Å². The minimum absolute atomic E-state index is 0.00750. The molecule has 40 heavy (non-hydrogen) atoms. The maximum atomic E-state index is 14.8. The summed E-state index contributed by atoms with van der Waals surface area (Å²) in [4.78, 5) is 57.6. The Balaban J connectivity index is 1.55. The molecule has 1 aromatic carbocycles. The van der Waals surface area contributed by atoms with Crippen LogP contribution < -0.4 is 15.2 Å². The molecule has 2 aromatic rings. The van der Waals surface area contributed by atoms with Crippen LogP contribution >= 0.6 is 0 Å². The van der Waals surface area contributed by atoms with Crippen molar-refractivity contribution < 1.29 is 41.6 Å². The van der Waals surface area contributed by atoms with Crippen molar-refractivity contribution in [1.82, 2.24) is 14.9 Å². The fourth-order valence-corrected chi connectivity index (χ4v) is 5.22. The molecule has 2 heterocycles. The molecule has 1 aliphatic carbocycles. The van der Waals surface area contributed by atoms with Crippen LogP contribution in [0.15, 0.2) is 23.0 Å². The first-order valence-electron chi connectivity index (χ1n) is 13.2. The molecular formula is C27H31F4N4O5+. The summed E-state index contributed by atoms with van der Waals surface area (Å²) < 4.78 is 53.3. The molecule has 1 aliphatic heterocycles. The van der Waals surface area contributed by atoms with E-state index in [1.54, 1.807) is 0 Å². The first-order valence-corrected chi connectivity index (χ1v) is 13.2. The van der Waals surface area contributed by atoms with Crippen molar-refractivity contribution in [3.63, 3.8) is 0 Å². The number of amides is 2. The van der Waals surface area contributed by atoms with Gasteiger partial charge in [0, 0.05) is 30.3 Å². The van der Waals surface area contributed by atoms with Gasteiger partial charge in [-0.1, -0.05) is 36.8 Å². The van der Waals surface area contributed by atoms with Gasteiger partial charge in [0.25, 0.3) is 11.6 Å². The van der Waals surface area contributed by atoms with Gasteiger partial charge in [-0.05, 0) is 44.4 Å². The largest absolute Gasteiger partial charge is 0.498 e. The van der Waals surface area contributed by atoms with E-state index >= 15 is 0 Å². The lowest BCUT2D eigenvalue weighted by Gasteiger charge is -2.39. The number of aromatic nitrogens is 2. The minimum Gasteiger partial charge on any atom is -0.336 e. The Morgan fingerprint density at radius 3 is 2.35 bits per heavy atom. The molecule has 0 spiro atoms. The van der Waals surface area contributed by atoms with E-state index < -0.39 is 29.4 Å². The summed E-state index contributed by atoms with van der Waals surface area (Å²) in [6.07, 6.45) is 0.730. The summed E-state index contributed by atoms with van der Waals surface area (Å²) in [7, 11) is 0. The highest BCUT2D eigenvalue weighted by atomic mass is 19.4. The molecule has 1 saturated carbocycles. The zero-order chi connectivity index (χ0) is 29.2. The van der Waals surface area contributed by atoms with Crippen LogP contribution in [-0.4, -0.2) is 64.5 Å². The second-order valence-electron chi connectivity index (χ2n) is 10.3. The molecule has 1 N–H and O–H groups in total. The van der Waals surface area contributed by atoms with Gasteiger partial charge in [-0.15, -0.1) is 0 Å². The Morgan fingerprint density at radius 2 is 1.73 bits per heavy atom. The van der Waals surface area contributed by atoms with Crippen molar-refractivity contribution in [3.8, 4) is 0 Å². The molecule has 0 unspecified atom stereocenters. The van der Waals surface area contributed by atoms with Crippen molar-refractivity contribution >= 4 is 17.8 Å². The second-order valence-corrected chi connectivity index (χ2v) is 10.3. The number of alkyl halides is 3. The molecule has 9 nitrogen and oxygen atoms in total. The molecule has 4 rings (SSSR count). The molecule has 1 aromatic heterocycles. The van der Waals surface area contributed by atoms with Crippen LogP contribution in [0.4, 0.5) is 17.6 Å². The van der Waals surface area contributed by atoms with Crippen LogP contribution in [0.1, 0.15) is 71.3 Å². The SMILES string of the molecule is Cc1c(C)c(=O)[nH][n+](OC(=O)C(F)(F)F)c1Cc1ccc(F)c(C(=O)N2CCN(C3CCCCCC3)C(=O)C2)c1. The Bertz CT molecular complexity index is 1370. The van der Waals surface area contributed by atoms with Crippen LogP contribution in [-0.2, 0) is 16.0 Å². The topological polar surface area (TPSA) is 104 Å². The number of halogens is 4. The van der Waals surface area contributed by atoms with Crippen molar-refractivity contribution in [3.05, 3.63) is 62.3 Å². The number of hydrogen-bond acceptors (Lipinski definition) is 5. The lowest BCUT2D eigenvalue weighted by Crippen LogP contribution is -2.58. The minimum atomic E-state index is -5.31. The number of rotatable bonds is 5. The van der Waals surface area contributed by atoms with E-state index in [2.05, 4.69) is 9.94 Å². The monoisotopic (exact) mass is 567 g/mol. The van der Waals surface area contributed by atoms with Crippen LogP contribution in [0.2, 0.25) is 0 Å². The summed E-state index contributed by atoms with van der Waals surface area (Å²) in [5.74, 6) is -4.23. The summed E-state index contributed by atoms with van der Waals surface area (Å²) in [6.45, 7) is 3.34. The Hall–Kier alpha value is -3.77. The third-order valence-electron chi connectivity index (χ3n) is 7.63. The average Bonchev–Trinajstić information content (AvgIpc) is 3.19. The quantitative estimate of drug-likeness (QED) is 0.340. The van der Waals surface area contributed by atoms with Gasteiger partial charge in [0.15, 0.2) is 0 Å². The number of hydrogen-bond donors (Lipinski definition) is 1. The van der Waals surface area contributed by atoms with E-state index in [4.69, 9.17) is 0 Å². The highest BCUT2D eigenvalue weighted by molar-refractivity contribution is 5.97. The van der Waals surface area contributed by atoms with Gasteiger partial charge < -0.3 is 9.80 Å². The normalized spacial score (nSPS) is 17.1. The highest BCUT2D eigenvalue weighted by Crippen LogP contribution is 2.24. The van der Waals surface area contributed by atoms with Crippen molar-refractivity contribution in [2.24, 2.45) is 0 Å². The third-order valence-corrected chi connectivity index (χ3v) is 7.63. The van der Waals surface area contributed by atoms with Gasteiger partial charge in [0.2, 0.25) is 5.91 Å². The van der Waals surface area contributed by atoms with Gasteiger partial charge >= 0.3 is 17.7 Å². The van der Waals surface area contributed by atoms with E-state index in [1.807, 2.05) is 4.90 Å². The zero-order valence-electron chi connectivity index (χ0n) is 22.3. The molecule has 216 valence electrons. The first kappa shape index (κ1) is 29.2. The van der Waals surface area contributed by atoms with E-state index in [1.165, 1.54) is 30.9 Å². The number of nitrogens with zero attached hydrogens (tertiary/aromatic N) is 3. The number of nitrogens with one attached hydrogen (secondary N) is 1. The molecule has 13 heteroatoms.